The Morgan fingerprint density at radius 3 is 2.75 bits per heavy atom. The molecule has 2 aliphatic heterocycles. The second-order valence-corrected chi connectivity index (χ2v) is 9.03. The Hall–Kier alpha value is -2.28. The van der Waals surface area contributed by atoms with Gasteiger partial charge in [0.15, 0.2) is 0 Å². The quantitative estimate of drug-likeness (QED) is 0.835. The van der Waals surface area contributed by atoms with Gasteiger partial charge in [-0.15, -0.1) is 0 Å². The number of aromatic nitrogens is 2. The fraction of sp³-hybridized carbons (Fsp3) is 0.619. The summed E-state index contributed by atoms with van der Waals surface area (Å²) in [5.74, 6) is 0.446. The molecule has 3 aliphatic rings. The number of nitrogens with zero attached hydrogens (tertiary/aromatic N) is 2. The topological polar surface area (TPSA) is 79.4 Å². The van der Waals surface area contributed by atoms with Crippen molar-refractivity contribution < 1.29 is 9.53 Å². The number of nitrogens with one attached hydrogen (secondary N) is 2. The lowest BCUT2D eigenvalue weighted by Crippen LogP contribution is -2.68. The van der Waals surface area contributed by atoms with Crippen molar-refractivity contribution in [1.82, 2.24) is 19.8 Å². The van der Waals surface area contributed by atoms with Gasteiger partial charge in [-0.1, -0.05) is 26.0 Å². The van der Waals surface area contributed by atoms with Gasteiger partial charge < -0.3 is 19.9 Å². The fourth-order valence-electron chi connectivity index (χ4n) is 5.61. The van der Waals surface area contributed by atoms with Gasteiger partial charge >= 0.3 is 11.7 Å². The average Bonchev–Trinajstić information content (AvgIpc) is 3.28. The molecule has 3 heterocycles. The lowest BCUT2D eigenvalue weighted by molar-refractivity contribution is -0.109. The molecule has 0 spiro atoms. The second-order valence-electron chi connectivity index (χ2n) is 9.03. The van der Waals surface area contributed by atoms with Crippen LogP contribution in [-0.2, 0) is 4.74 Å². The van der Waals surface area contributed by atoms with Gasteiger partial charge in [0.05, 0.1) is 17.1 Å². The Morgan fingerprint density at radius 1 is 1.21 bits per heavy atom. The minimum absolute atomic E-state index is 0.00744. The van der Waals surface area contributed by atoms with Crippen LogP contribution in [0.2, 0.25) is 0 Å². The first-order chi connectivity index (χ1) is 13.5. The van der Waals surface area contributed by atoms with E-state index >= 15 is 0 Å². The molecule has 0 bridgehead atoms. The van der Waals surface area contributed by atoms with E-state index in [4.69, 9.17) is 4.74 Å². The molecule has 1 aromatic carbocycles. The zero-order chi connectivity index (χ0) is 19.5. The van der Waals surface area contributed by atoms with Crippen molar-refractivity contribution >= 4 is 17.1 Å². The van der Waals surface area contributed by atoms with E-state index in [1.165, 1.54) is 0 Å². The minimum atomic E-state index is -0.0624. The minimum Gasteiger partial charge on any atom is -0.377 e. The van der Waals surface area contributed by atoms with Gasteiger partial charge in [-0.25, -0.2) is 9.59 Å². The van der Waals surface area contributed by atoms with Crippen LogP contribution in [0, 0.1) is 11.3 Å². The molecular formula is C21H28N4O3. The van der Waals surface area contributed by atoms with Crippen molar-refractivity contribution in [3.8, 4) is 0 Å². The van der Waals surface area contributed by atoms with E-state index in [1.807, 2.05) is 33.7 Å². The number of benzene rings is 1. The molecule has 3 fully saturated rings. The van der Waals surface area contributed by atoms with Crippen molar-refractivity contribution in [2.45, 2.75) is 51.3 Å². The first-order valence-corrected chi connectivity index (χ1v) is 10.3. The highest BCUT2D eigenvalue weighted by Gasteiger charge is 2.60. The number of piperidine rings is 1. The number of imidazole rings is 1. The predicted molar refractivity (Wildman–Crippen MR) is 106 cm³/mol. The summed E-state index contributed by atoms with van der Waals surface area (Å²) in [5, 5.41) is 3.27. The molecule has 5 rings (SSSR count). The Kier molecular flexibility index (Phi) is 4.05. The molecule has 1 aromatic heterocycles. The summed E-state index contributed by atoms with van der Waals surface area (Å²) in [7, 11) is 0. The van der Waals surface area contributed by atoms with Gasteiger partial charge in [-0.05, 0) is 31.4 Å². The zero-order valence-electron chi connectivity index (χ0n) is 16.5. The molecule has 7 heteroatoms. The van der Waals surface area contributed by atoms with E-state index in [0.717, 1.165) is 36.9 Å². The summed E-state index contributed by atoms with van der Waals surface area (Å²) in [6.45, 7) is 6.50. The molecule has 1 aliphatic carbocycles. The molecule has 2 saturated heterocycles. The predicted octanol–water partition coefficient (Wildman–Crippen LogP) is 2.49. The molecule has 2 amide bonds. The van der Waals surface area contributed by atoms with Gasteiger partial charge in [-0.2, -0.15) is 0 Å². The summed E-state index contributed by atoms with van der Waals surface area (Å²) in [6, 6.07) is 8.11. The molecule has 7 nitrogen and oxygen atoms in total. The van der Waals surface area contributed by atoms with E-state index < -0.39 is 0 Å². The normalized spacial score (nSPS) is 29.5. The third-order valence-electron chi connectivity index (χ3n) is 7.12. The molecule has 3 unspecified atom stereocenters. The zero-order valence-corrected chi connectivity index (χ0v) is 16.5. The number of urea groups is 1. The van der Waals surface area contributed by atoms with Gasteiger partial charge in [-0.3, -0.25) is 4.57 Å². The largest absolute Gasteiger partial charge is 0.377 e. The SMILES string of the molecule is CC1(C)C(NC(=O)N2CCC(n3c(=O)[nH]c4ccccc43)CC2)C2CCOC21. The number of hydrogen-bond donors (Lipinski definition) is 2. The molecule has 2 aromatic rings. The Bertz CT molecular complexity index is 954. The summed E-state index contributed by atoms with van der Waals surface area (Å²) < 4.78 is 7.69. The van der Waals surface area contributed by atoms with Gasteiger partial charge in [0.25, 0.3) is 0 Å². The van der Waals surface area contributed by atoms with E-state index in [-0.39, 0.29) is 35.3 Å². The lowest BCUT2D eigenvalue weighted by atomic mass is 9.57. The average molecular weight is 384 g/mol. The molecule has 150 valence electrons. The summed E-state index contributed by atoms with van der Waals surface area (Å²) in [6.07, 6.45) is 2.89. The first kappa shape index (κ1) is 17.8. The van der Waals surface area contributed by atoms with Gasteiger partial charge in [0.2, 0.25) is 0 Å². The molecule has 28 heavy (non-hydrogen) atoms. The molecular weight excluding hydrogens is 356 g/mol. The van der Waals surface area contributed by atoms with E-state index in [0.29, 0.717) is 19.0 Å². The smallest absolute Gasteiger partial charge is 0.326 e. The van der Waals surface area contributed by atoms with Crippen molar-refractivity contribution in [2.24, 2.45) is 11.3 Å². The van der Waals surface area contributed by atoms with Crippen LogP contribution in [0.15, 0.2) is 29.1 Å². The van der Waals surface area contributed by atoms with Crippen LogP contribution >= 0.6 is 0 Å². The summed E-state index contributed by atoms with van der Waals surface area (Å²) >= 11 is 0. The Labute approximate surface area is 164 Å². The highest BCUT2D eigenvalue weighted by atomic mass is 16.5. The van der Waals surface area contributed by atoms with Crippen LogP contribution in [-0.4, -0.2) is 52.3 Å². The summed E-state index contributed by atoms with van der Waals surface area (Å²) in [4.78, 5) is 30.1. The fourth-order valence-corrected chi connectivity index (χ4v) is 5.61. The number of likely N-dealkylation sites (tertiary alicyclic amines) is 1. The Morgan fingerprint density at radius 2 is 1.96 bits per heavy atom. The van der Waals surface area contributed by atoms with Crippen molar-refractivity contribution in [3.63, 3.8) is 0 Å². The monoisotopic (exact) mass is 384 g/mol. The highest BCUT2D eigenvalue weighted by Crippen LogP contribution is 2.52. The number of para-hydroxylation sites is 2. The van der Waals surface area contributed by atoms with Crippen LogP contribution < -0.4 is 11.0 Å². The molecule has 3 atom stereocenters. The van der Waals surface area contributed by atoms with Crippen LogP contribution in [0.5, 0.6) is 0 Å². The highest BCUT2D eigenvalue weighted by molar-refractivity contribution is 5.76. The lowest BCUT2D eigenvalue weighted by Gasteiger charge is -2.55. The first-order valence-electron chi connectivity index (χ1n) is 10.3. The Balaban J connectivity index is 1.24. The van der Waals surface area contributed by atoms with Crippen LogP contribution in [0.1, 0.15) is 39.2 Å². The third kappa shape index (κ3) is 2.59. The van der Waals surface area contributed by atoms with Gasteiger partial charge in [0.1, 0.15) is 0 Å². The van der Waals surface area contributed by atoms with Gasteiger partial charge in [0, 0.05) is 43.1 Å². The van der Waals surface area contributed by atoms with Crippen LogP contribution in [0.4, 0.5) is 4.79 Å². The van der Waals surface area contributed by atoms with Crippen molar-refractivity contribution in [3.05, 3.63) is 34.7 Å². The number of hydrogen-bond acceptors (Lipinski definition) is 3. The third-order valence-corrected chi connectivity index (χ3v) is 7.12. The van der Waals surface area contributed by atoms with Crippen LogP contribution in [0.3, 0.4) is 0 Å². The number of rotatable bonds is 2. The number of carbonyl (C=O) groups excluding carboxylic acids is 1. The standard InChI is InChI=1S/C21H28N4O3/c1-21(2)17(14-9-12-28-18(14)21)23-19(26)24-10-7-13(8-11-24)25-16-6-4-3-5-15(16)22-20(25)27/h3-6,13-14,17-18H,7-12H2,1-2H3,(H,22,27)(H,23,26). The number of ether oxygens (including phenoxy) is 1. The number of H-pyrrole nitrogens is 1. The maximum atomic E-state index is 12.8. The number of fused-ring (bicyclic) bond motifs is 2. The van der Waals surface area contributed by atoms with Crippen LogP contribution in [0.25, 0.3) is 11.0 Å². The second kappa shape index (κ2) is 6.37. The number of amides is 2. The number of carbonyl (C=O) groups is 1. The maximum Gasteiger partial charge on any atom is 0.326 e. The molecule has 0 radical (unpaired) electrons. The van der Waals surface area contributed by atoms with E-state index in [9.17, 15) is 9.59 Å². The molecule has 2 N–H and O–H groups in total. The van der Waals surface area contributed by atoms with Crippen molar-refractivity contribution in [1.29, 1.82) is 0 Å². The maximum absolute atomic E-state index is 12.8. The van der Waals surface area contributed by atoms with E-state index in [1.54, 1.807) is 0 Å². The summed E-state index contributed by atoms with van der Waals surface area (Å²) in [5.41, 5.74) is 1.74. The number of aromatic amines is 1. The van der Waals surface area contributed by atoms with Crippen molar-refractivity contribution in [2.75, 3.05) is 19.7 Å². The van der Waals surface area contributed by atoms with E-state index in [2.05, 4.69) is 24.1 Å². The molecule has 1 saturated carbocycles.